The van der Waals surface area contributed by atoms with Crippen LogP contribution >= 0.6 is 0 Å². The molecule has 182 valence electrons. The van der Waals surface area contributed by atoms with Gasteiger partial charge in [0.2, 0.25) is 5.88 Å². The van der Waals surface area contributed by atoms with Gasteiger partial charge in [-0.2, -0.15) is 26.3 Å². The lowest BCUT2D eigenvalue weighted by atomic mass is 9.93. The maximum absolute atomic E-state index is 12.4. The highest BCUT2D eigenvalue weighted by Gasteiger charge is 2.38. The molecule has 10 heteroatoms. The third kappa shape index (κ3) is 7.64. The highest BCUT2D eigenvalue weighted by atomic mass is 19.4. The van der Waals surface area contributed by atoms with Crippen molar-refractivity contribution in [2.45, 2.75) is 57.8 Å². The van der Waals surface area contributed by atoms with Gasteiger partial charge < -0.3 is 9.47 Å². The van der Waals surface area contributed by atoms with Gasteiger partial charge in [-0.15, -0.1) is 0 Å². The van der Waals surface area contributed by atoms with Crippen LogP contribution in [0.1, 0.15) is 60.9 Å². The van der Waals surface area contributed by atoms with Crippen molar-refractivity contribution >= 4 is 5.78 Å². The van der Waals surface area contributed by atoms with Crippen molar-refractivity contribution in [3.05, 3.63) is 52.7 Å². The van der Waals surface area contributed by atoms with Crippen molar-refractivity contribution in [2.24, 2.45) is 0 Å². The summed E-state index contributed by atoms with van der Waals surface area (Å²) in [5, 5.41) is 0. The standard InChI is InChI=1S/C13H18O.C10H7F6NO2/c1-10-12(11-6-3-4-7-11)8-5-9-13(10)14-2;1-5(18)4-19-8-3-6(9(11,12)13)2-7(17-8)10(14,15)16/h5,8-9,11H,3-4,6-7H2,1-2H3;2-3H,4H2,1H3. The number of hydrogen-bond acceptors (Lipinski definition) is 4. The van der Waals surface area contributed by atoms with E-state index in [-0.39, 0.29) is 6.07 Å². The average Bonchev–Trinajstić information content (AvgIpc) is 3.26. The average molecular weight is 477 g/mol. The number of methoxy groups -OCH3 is 1. The number of pyridine rings is 1. The molecule has 1 aromatic carbocycles. The Balaban J connectivity index is 0.000000243. The minimum Gasteiger partial charge on any atom is -0.496 e. The first-order chi connectivity index (χ1) is 15.3. The van der Waals surface area contributed by atoms with E-state index in [1.54, 1.807) is 7.11 Å². The Morgan fingerprint density at radius 3 is 2.21 bits per heavy atom. The number of alkyl halides is 6. The molecule has 3 rings (SSSR count). The number of ether oxygens (including phenoxy) is 2. The van der Waals surface area contributed by atoms with Crippen LogP contribution in [0.25, 0.3) is 0 Å². The summed E-state index contributed by atoms with van der Waals surface area (Å²) in [5.74, 6) is 0.352. The normalized spacial score (nSPS) is 14.5. The fourth-order valence-electron chi connectivity index (χ4n) is 3.60. The van der Waals surface area contributed by atoms with E-state index in [4.69, 9.17) is 4.74 Å². The lowest BCUT2D eigenvalue weighted by Gasteiger charge is -2.15. The summed E-state index contributed by atoms with van der Waals surface area (Å²) >= 11 is 0. The van der Waals surface area contributed by atoms with Crippen molar-refractivity contribution in [3.8, 4) is 11.6 Å². The topological polar surface area (TPSA) is 48.4 Å². The Morgan fingerprint density at radius 1 is 1.06 bits per heavy atom. The first-order valence-corrected chi connectivity index (χ1v) is 10.2. The molecule has 0 spiro atoms. The molecule has 0 aliphatic heterocycles. The molecular weight excluding hydrogens is 452 g/mol. The first kappa shape index (κ1) is 26.5. The van der Waals surface area contributed by atoms with Crippen molar-refractivity contribution in [1.29, 1.82) is 0 Å². The molecule has 0 saturated heterocycles. The molecule has 1 aliphatic rings. The fourth-order valence-corrected chi connectivity index (χ4v) is 3.60. The Morgan fingerprint density at radius 2 is 1.70 bits per heavy atom. The third-order valence-corrected chi connectivity index (χ3v) is 5.18. The number of carbonyl (C=O) groups is 1. The predicted molar refractivity (Wildman–Crippen MR) is 109 cm³/mol. The number of aromatic nitrogens is 1. The minimum atomic E-state index is -5.05. The van der Waals surface area contributed by atoms with Gasteiger partial charge in [-0.3, -0.25) is 4.79 Å². The van der Waals surface area contributed by atoms with Gasteiger partial charge in [0, 0.05) is 6.07 Å². The first-order valence-electron chi connectivity index (χ1n) is 10.2. The molecule has 0 radical (unpaired) electrons. The van der Waals surface area contributed by atoms with E-state index in [1.807, 2.05) is 6.07 Å². The van der Waals surface area contributed by atoms with Crippen LogP contribution in [0.4, 0.5) is 26.3 Å². The lowest BCUT2D eigenvalue weighted by Crippen LogP contribution is -2.15. The maximum Gasteiger partial charge on any atom is 0.433 e. The molecule has 1 aromatic heterocycles. The molecule has 0 amide bonds. The largest absolute Gasteiger partial charge is 0.496 e. The van der Waals surface area contributed by atoms with Crippen molar-refractivity contribution in [3.63, 3.8) is 0 Å². The van der Waals surface area contributed by atoms with E-state index in [9.17, 15) is 31.1 Å². The van der Waals surface area contributed by atoms with Crippen molar-refractivity contribution in [1.82, 2.24) is 4.98 Å². The van der Waals surface area contributed by atoms with Gasteiger partial charge in [-0.25, -0.2) is 4.98 Å². The Kier molecular flexibility index (Phi) is 8.74. The quantitative estimate of drug-likeness (QED) is 0.447. The van der Waals surface area contributed by atoms with Gasteiger partial charge >= 0.3 is 12.4 Å². The number of ketones is 1. The molecular formula is C23H25F6NO3. The summed E-state index contributed by atoms with van der Waals surface area (Å²) < 4.78 is 84.2. The zero-order chi connectivity index (χ0) is 24.8. The molecule has 0 N–H and O–H groups in total. The zero-order valence-corrected chi connectivity index (χ0v) is 18.4. The van der Waals surface area contributed by atoms with E-state index in [2.05, 4.69) is 28.8 Å². The van der Waals surface area contributed by atoms with E-state index in [1.165, 1.54) is 36.8 Å². The number of benzene rings is 1. The zero-order valence-electron chi connectivity index (χ0n) is 18.4. The number of rotatable bonds is 5. The molecule has 0 bridgehead atoms. The Hall–Kier alpha value is -2.78. The number of Topliss-reactive ketones (excluding diaryl/α,β-unsaturated/α-hetero) is 1. The van der Waals surface area contributed by atoms with Gasteiger partial charge in [-0.05, 0) is 55.9 Å². The number of nitrogens with zero attached hydrogens (tertiary/aromatic N) is 1. The van der Waals surface area contributed by atoms with Gasteiger partial charge in [-0.1, -0.05) is 25.0 Å². The van der Waals surface area contributed by atoms with Crippen LogP contribution in [0.3, 0.4) is 0 Å². The second-order valence-electron chi connectivity index (χ2n) is 7.72. The van der Waals surface area contributed by atoms with E-state index < -0.39 is 41.9 Å². The second-order valence-corrected chi connectivity index (χ2v) is 7.72. The van der Waals surface area contributed by atoms with Gasteiger partial charge in [0.15, 0.2) is 5.78 Å². The highest BCUT2D eigenvalue weighted by Crippen LogP contribution is 2.38. The smallest absolute Gasteiger partial charge is 0.433 e. The summed E-state index contributed by atoms with van der Waals surface area (Å²) in [5.41, 5.74) is -0.446. The van der Waals surface area contributed by atoms with Crippen LogP contribution in [0.5, 0.6) is 11.6 Å². The van der Waals surface area contributed by atoms with Crippen molar-refractivity contribution in [2.75, 3.05) is 13.7 Å². The maximum atomic E-state index is 12.4. The summed E-state index contributed by atoms with van der Waals surface area (Å²) in [6.07, 6.45) is -4.53. The van der Waals surface area contributed by atoms with Gasteiger partial charge in [0.25, 0.3) is 0 Å². The van der Waals surface area contributed by atoms with Crippen molar-refractivity contribution < 1.29 is 40.6 Å². The van der Waals surface area contributed by atoms with E-state index >= 15 is 0 Å². The summed E-state index contributed by atoms with van der Waals surface area (Å²) in [6, 6.07) is 6.60. The third-order valence-electron chi connectivity index (χ3n) is 5.18. The van der Waals surface area contributed by atoms with Crippen LogP contribution in [0.15, 0.2) is 30.3 Å². The molecule has 33 heavy (non-hydrogen) atoms. The SMILES string of the molecule is CC(=O)COc1cc(C(F)(F)F)cc(C(F)(F)F)n1.COc1cccc(C2CCCC2)c1C. The molecule has 4 nitrogen and oxygen atoms in total. The lowest BCUT2D eigenvalue weighted by molar-refractivity contribution is -0.145. The second kappa shape index (κ2) is 10.9. The van der Waals surface area contributed by atoms with Crippen LogP contribution in [-0.2, 0) is 17.1 Å². The monoisotopic (exact) mass is 477 g/mol. The molecule has 1 aliphatic carbocycles. The molecule has 1 fully saturated rings. The number of carbonyl (C=O) groups excluding carboxylic acids is 1. The molecule has 0 unspecified atom stereocenters. The molecule has 0 atom stereocenters. The van der Waals surface area contributed by atoms with Crippen LogP contribution in [-0.4, -0.2) is 24.5 Å². The van der Waals surface area contributed by atoms with Gasteiger partial charge in [0.05, 0.1) is 12.7 Å². The van der Waals surface area contributed by atoms with E-state index in [0.29, 0.717) is 6.07 Å². The predicted octanol–water partition coefficient (Wildman–Crippen LogP) is 6.75. The molecule has 2 aromatic rings. The van der Waals surface area contributed by atoms with Gasteiger partial charge in [0.1, 0.15) is 18.1 Å². The number of halogens is 6. The van der Waals surface area contributed by atoms with Crippen LogP contribution in [0.2, 0.25) is 0 Å². The summed E-state index contributed by atoms with van der Waals surface area (Å²) in [7, 11) is 1.75. The molecule has 1 saturated carbocycles. The highest BCUT2D eigenvalue weighted by molar-refractivity contribution is 5.77. The Bertz CT molecular complexity index is 918. The van der Waals surface area contributed by atoms with Crippen LogP contribution in [0, 0.1) is 6.92 Å². The number of hydrogen-bond donors (Lipinski definition) is 0. The molecule has 1 heterocycles. The summed E-state index contributed by atoms with van der Waals surface area (Å²) in [6.45, 7) is 2.58. The Labute approximate surface area is 187 Å². The minimum absolute atomic E-state index is 0.124. The van der Waals surface area contributed by atoms with E-state index in [0.717, 1.165) is 18.6 Å². The van der Waals surface area contributed by atoms with Crippen LogP contribution < -0.4 is 9.47 Å². The fraction of sp³-hybridized carbons (Fsp3) is 0.478. The summed E-state index contributed by atoms with van der Waals surface area (Å²) in [4.78, 5) is 13.5.